The molecule has 0 fully saturated rings. The van der Waals surface area contributed by atoms with Crippen molar-refractivity contribution in [1.29, 1.82) is 0 Å². The van der Waals surface area contributed by atoms with E-state index in [1.165, 1.54) is 11.1 Å². The summed E-state index contributed by atoms with van der Waals surface area (Å²) in [6, 6.07) is 12.1. The molecule has 2 heterocycles. The van der Waals surface area contributed by atoms with Crippen molar-refractivity contribution in [3.8, 4) is 5.69 Å². The predicted molar refractivity (Wildman–Crippen MR) is 153 cm³/mol. The predicted octanol–water partition coefficient (Wildman–Crippen LogP) is 5.88. The van der Waals surface area contributed by atoms with Crippen molar-refractivity contribution in [1.82, 2.24) is 14.2 Å². The number of fused-ring (bicyclic) bond motifs is 2. The molecular weight excluding hydrogens is 539 g/mol. The van der Waals surface area contributed by atoms with Crippen molar-refractivity contribution in [2.75, 3.05) is 18.2 Å². The highest BCUT2D eigenvalue weighted by molar-refractivity contribution is 8.19. The molecule has 1 aromatic heterocycles. The van der Waals surface area contributed by atoms with Crippen LogP contribution in [0.4, 0.5) is 10.5 Å². The van der Waals surface area contributed by atoms with Crippen LogP contribution >= 0.6 is 35.0 Å². The second-order valence-electron chi connectivity index (χ2n) is 7.84. The first kappa shape index (κ1) is 28.0. The first-order valence-electron chi connectivity index (χ1n) is 10.9. The van der Waals surface area contributed by atoms with Crippen molar-refractivity contribution < 1.29 is 9.00 Å². The normalized spacial score (nSPS) is 13.3. The molecule has 0 aliphatic carbocycles. The zero-order valence-corrected chi connectivity index (χ0v) is 23.0. The molecule has 11 heteroatoms. The Morgan fingerprint density at radius 2 is 1.75 bits per heavy atom. The van der Waals surface area contributed by atoms with Crippen LogP contribution in [0.15, 0.2) is 75.2 Å². The van der Waals surface area contributed by atoms with Crippen LogP contribution in [0, 0.1) is 0 Å². The molecule has 0 bridgehead atoms. The van der Waals surface area contributed by atoms with Crippen LogP contribution in [0.1, 0.15) is 18.1 Å². The molecule has 1 aliphatic heterocycles. The number of urea groups is 1. The van der Waals surface area contributed by atoms with Crippen molar-refractivity contribution in [2.45, 2.75) is 20.0 Å². The van der Waals surface area contributed by atoms with Gasteiger partial charge in [-0.15, -0.1) is 11.6 Å². The average molecular weight is 566 g/mol. The van der Waals surface area contributed by atoms with Crippen molar-refractivity contribution >= 4 is 68.4 Å². The maximum Gasteiger partial charge on any atom is 0.331 e. The van der Waals surface area contributed by atoms with Gasteiger partial charge in [0, 0.05) is 41.9 Å². The fourth-order valence-electron chi connectivity index (χ4n) is 3.68. The van der Waals surface area contributed by atoms with E-state index in [2.05, 4.69) is 41.2 Å². The number of amides is 2. The summed E-state index contributed by atoms with van der Waals surface area (Å²) in [5.74, 6) is 0.722. The molecule has 36 heavy (non-hydrogen) atoms. The van der Waals surface area contributed by atoms with E-state index < -0.39 is 17.0 Å². The van der Waals surface area contributed by atoms with Gasteiger partial charge in [0.05, 0.1) is 8.60 Å². The maximum atomic E-state index is 13.1. The highest BCUT2D eigenvalue weighted by Crippen LogP contribution is 2.27. The van der Waals surface area contributed by atoms with E-state index in [1.807, 2.05) is 19.1 Å². The summed E-state index contributed by atoms with van der Waals surface area (Å²) in [7, 11) is 0.229. The molecule has 2 N–H and O–H groups in total. The molecule has 7 nitrogen and oxygen atoms in total. The minimum atomic E-state index is -1.83. The van der Waals surface area contributed by atoms with E-state index >= 15 is 0 Å². The topological polar surface area (TPSA) is 83.4 Å². The summed E-state index contributed by atoms with van der Waals surface area (Å²) < 4.78 is 16.2. The third kappa shape index (κ3) is 7.02. The molecule has 4 rings (SSSR count). The van der Waals surface area contributed by atoms with Gasteiger partial charge in [0.2, 0.25) is 0 Å². The molecule has 0 spiro atoms. The van der Waals surface area contributed by atoms with Crippen LogP contribution < -0.4 is 15.6 Å². The van der Waals surface area contributed by atoms with Gasteiger partial charge in [-0.2, -0.15) is 0 Å². The number of carbonyl (C=O) groups is 1. The number of thioether (sulfide) groups is 1. The molecule has 1 aliphatic rings. The Kier molecular flexibility index (Phi) is 9.81. The third-order valence-electron chi connectivity index (χ3n) is 5.12. The van der Waals surface area contributed by atoms with E-state index in [0.29, 0.717) is 16.8 Å². The van der Waals surface area contributed by atoms with E-state index in [4.69, 9.17) is 23.2 Å². The highest BCUT2D eigenvalue weighted by atomic mass is 35.5. The zero-order valence-electron chi connectivity index (χ0n) is 19.8. The number of nitrogens with one attached hydrogen (secondary N) is 2. The first-order valence-corrected chi connectivity index (χ1v) is 13.7. The minimum absolute atomic E-state index is 0.101. The van der Waals surface area contributed by atoms with Crippen LogP contribution in [0.5, 0.6) is 0 Å². The molecule has 0 saturated heterocycles. The number of rotatable bonds is 6. The van der Waals surface area contributed by atoms with Crippen LogP contribution in [0.2, 0.25) is 0 Å². The Morgan fingerprint density at radius 1 is 1.14 bits per heavy atom. The van der Waals surface area contributed by atoms with Gasteiger partial charge in [0.25, 0.3) is 5.56 Å². The Balaban J connectivity index is 0.00000115. The Labute approximate surface area is 226 Å². The van der Waals surface area contributed by atoms with Gasteiger partial charge in [-0.3, -0.25) is 19.0 Å². The summed E-state index contributed by atoms with van der Waals surface area (Å²) >= 11 is 11.6. The number of halogens is 2. The highest BCUT2D eigenvalue weighted by Gasteiger charge is 2.17. The Bertz CT molecular complexity index is 1390. The molecular formula is C25H26Cl2N4O3S2. The third-order valence-corrected chi connectivity index (χ3v) is 7.29. The molecule has 1 unspecified atom stereocenters. The second kappa shape index (κ2) is 12.6. The fraction of sp³-hybridized carbons (Fsp3) is 0.200. The number of anilines is 1. The first-order chi connectivity index (χ1) is 17.1. The zero-order chi connectivity index (χ0) is 26.4. The van der Waals surface area contributed by atoms with Gasteiger partial charge in [-0.1, -0.05) is 43.4 Å². The lowest BCUT2D eigenvalue weighted by molar-refractivity contribution is 0.257. The summed E-state index contributed by atoms with van der Waals surface area (Å²) in [6.07, 6.45) is 1.75. The van der Waals surface area contributed by atoms with Gasteiger partial charge in [0.1, 0.15) is 0 Å². The SMILES string of the molecule is C=C(Cl)SC(=C)S(=O)NC(=O)Nc1ccc(-n2ccc3cc4c(cc3c2=O)CN(C)C4)cc1.CCCl. The fourth-order valence-corrected chi connectivity index (χ4v) is 5.41. The van der Waals surface area contributed by atoms with Gasteiger partial charge >= 0.3 is 6.03 Å². The molecule has 190 valence electrons. The van der Waals surface area contributed by atoms with Crippen LogP contribution in [-0.2, 0) is 24.1 Å². The number of alkyl halides is 1. The number of hydrogen-bond donors (Lipinski definition) is 2. The van der Waals surface area contributed by atoms with Gasteiger partial charge in [-0.05, 0) is 66.0 Å². The summed E-state index contributed by atoms with van der Waals surface area (Å²) in [4.78, 5) is 27.5. The lowest BCUT2D eigenvalue weighted by atomic mass is 10.0. The largest absolute Gasteiger partial charge is 0.331 e. The number of carbonyl (C=O) groups excluding carboxylic acids is 1. The minimum Gasteiger partial charge on any atom is -0.307 e. The monoisotopic (exact) mass is 564 g/mol. The van der Waals surface area contributed by atoms with Crippen LogP contribution in [-0.4, -0.2) is 32.6 Å². The maximum absolute atomic E-state index is 13.1. The molecule has 3 aromatic rings. The lowest BCUT2D eigenvalue weighted by Gasteiger charge is -2.11. The van der Waals surface area contributed by atoms with E-state index in [-0.39, 0.29) is 14.2 Å². The van der Waals surface area contributed by atoms with E-state index in [1.54, 1.807) is 35.0 Å². The smallest absolute Gasteiger partial charge is 0.307 e. The lowest BCUT2D eigenvalue weighted by Crippen LogP contribution is -2.30. The van der Waals surface area contributed by atoms with Gasteiger partial charge < -0.3 is 5.32 Å². The van der Waals surface area contributed by atoms with Crippen LogP contribution in [0.25, 0.3) is 16.5 Å². The van der Waals surface area contributed by atoms with E-state index in [9.17, 15) is 13.8 Å². The molecule has 0 radical (unpaired) electrons. The number of benzene rings is 2. The van der Waals surface area contributed by atoms with Gasteiger partial charge in [-0.25, -0.2) is 9.00 Å². The van der Waals surface area contributed by atoms with Crippen LogP contribution in [0.3, 0.4) is 0 Å². The summed E-state index contributed by atoms with van der Waals surface area (Å²) in [5, 5.41) is 4.19. The quantitative estimate of drug-likeness (QED) is 0.365. The molecule has 1 atom stereocenters. The molecule has 2 amide bonds. The second-order valence-corrected chi connectivity index (χ2v) is 11.7. The van der Waals surface area contributed by atoms with Crippen molar-refractivity contribution in [2.24, 2.45) is 0 Å². The average Bonchev–Trinajstić information content (AvgIpc) is 3.18. The summed E-state index contributed by atoms with van der Waals surface area (Å²) in [5.41, 5.74) is 3.48. The number of nitrogens with zero attached hydrogens (tertiary/aromatic N) is 2. The van der Waals surface area contributed by atoms with Crippen molar-refractivity contribution in [3.05, 3.63) is 91.9 Å². The van der Waals surface area contributed by atoms with Crippen molar-refractivity contribution in [3.63, 3.8) is 0 Å². The number of aromatic nitrogens is 1. The van der Waals surface area contributed by atoms with Gasteiger partial charge in [0.15, 0.2) is 11.0 Å². The summed E-state index contributed by atoms with van der Waals surface area (Å²) in [6.45, 7) is 10.7. The van der Waals surface area contributed by atoms with E-state index in [0.717, 1.165) is 36.1 Å². The Hall–Kier alpha value is -2.56. The molecule has 2 aromatic carbocycles. The standard InChI is InChI=1S/C23H21ClN4O3S2.C2H5Cl/c1-14(24)32-15(2)33(31)26-23(30)25-19-4-6-20(7-5-19)28-9-8-16-10-17-12-27(3)13-18(17)11-21(16)22(28)29;1-2-3/h4-11H,1-2,12-13H2,3H3,(H2,25,26,30);2H2,1H3. The molecule has 0 saturated carbocycles. The Morgan fingerprint density at radius 3 is 2.36 bits per heavy atom. The number of pyridine rings is 1. The number of hydrogen-bond acceptors (Lipinski definition) is 5.